The van der Waals surface area contributed by atoms with Crippen LogP contribution in [-0.4, -0.2) is 12.5 Å². The Labute approximate surface area is 78.0 Å². The van der Waals surface area contributed by atoms with Gasteiger partial charge in [0.15, 0.2) is 0 Å². The molecule has 68 valence electrons. The molecule has 1 aromatic carbocycles. The minimum Gasteiger partial charge on any atom is -0.356 e. The number of hydrogen-bond acceptors (Lipinski definition) is 1. The summed E-state index contributed by atoms with van der Waals surface area (Å²) in [7, 11) is 0. The Hall–Kier alpha value is -1.31. The van der Waals surface area contributed by atoms with Crippen LogP contribution >= 0.6 is 0 Å². The van der Waals surface area contributed by atoms with Gasteiger partial charge in [0.25, 0.3) is 0 Å². The van der Waals surface area contributed by atoms with Crippen LogP contribution in [0, 0.1) is 0 Å². The minimum absolute atomic E-state index is 0.0787. The third-order valence-corrected chi connectivity index (χ3v) is 2.49. The van der Waals surface area contributed by atoms with Gasteiger partial charge in [-0.25, -0.2) is 0 Å². The van der Waals surface area contributed by atoms with Crippen molar-refractivity contribution >= 4 is 5.91 Å². The van der Waals surface area contributed by atoms with Gasteiger partial charge in [-0.05, 0) is 18.4 Å². The molecule has 1 aliphatic heterocycles. The fourth-order valence-electron chi connectivity index (χ4n) is 1.78. The second kappa shape index (κ2) is 3.60. The minimum atomic E-state index is 0.0787. The highest BCUT2D eigenvalue weighted by Gasteiger charge is 2.22. The lowest BCUT2D eigenvalue weighted by Gasteiger charge is -2.21. The molecule has 2 heteroatoms. The number of nitrogens with one attached hydrogen (secondary N) is 1. The maximum atomic E-state index is 11.5. The number of carbonyl (C=O) groups excluding carboxylic acids is 1. The van der Waals surface area contributed by atoms with Gasteiger partial charge in [0.1, 0.15) is 0 Å². The maximum absolute atomic E-state index is 11.5. The Bertz CT molecular complexity index is 294. The van der Waals surface area contributed by atoms with Crippen molar-refractivity contribution in [3.05, 3.63) is 35.9 Å². The molecule has 13 heavy (non-hydrogen) atoms. The van der Waals surface area contributed by atoms with Gasteiger partial charge in [0, 0.05) is 6.54 Å². The summed E-state index contributed by atoms with van der Waals surface area (Å²) >= 11 is 0. The molecule has 1 amide bonds. The van der Waals surface area contributed by atoms with Gasteiger partial charge in [-0.1, -0.05) is 30.3 Å². The van der Waals surface area contributed by atoms with E-state index in [-0.39, 0.29) is 11.8 Å². The van der Waals surface area contributed by atoms with Crippen LogP contribution < -0.4 is 5.32 Å². The van der Waals surface area contributed by atoms with E-state index in [1.54, 1.807) is 0 Å². The largest absolute Gasteiger partial charge is 0.356 e. The van der Waals surface area contributed by atoms with Crippen molar-refractivity contribution in [1.29, 1.82) is 0 Å². The fourth-order valence-corrected chi connectivity index (χ4v) is 1.78. The molecule has 0 aliphatic carbocycles. The second-order valence-corrected chi connectivity index (χ2v) is 3.40. The molecule has 2 rings (SSSR count). The fraction of sp³-hybridized carbons (Fsp3) is 0.364. The molecule has 0 spiro atoms. The van der Waals surface area contributed by atoms with Crippen LogP contribution in [0.4, 0.5) is 0 Å². The smallest absolute Gasteiger partial charge is 0.227 e. The van der Waals surface area contributed by atoms with E-state index in [2.05, 4.69) is 5.32 Å². The number of piperidine rings is 1. The first kappa shape index (κ1) is 8.30. The molecule has 1 fully saturated rings. The first-order chi connectivity index (χ1) is 6.38. The number of rotatable bonds is 1. The molecule has 1 aromatic rings. The molecular formula is C11H13NO. The predicted molar refractivity (Wildman–Crippen MR) is 51.4 cm³/mol. The van der Waals surface area contributed by atoms with E-state index >= 15 is 0 Å². The lowest BCUT2D eigenvalue weighted by Crippen LogP contribution is -2.34. The molecule has 0 bridgehead atoms. The van der Waals surface area contributed by atoms with Gasteiger partial charge in [-0.15, -0.1) is 0 Å². The highest BCUT2D eigenvalue weighted by Crippen LogP contribution is 2.23. The molecule has 0 radical (unpaired) electrons. The molecule has 0 saturated carbocycles. The summed E-state index contributed by atoms with van der Waals surface area (Å²) in [5, 5.41) is 2.89. The maximum Gasteiger partial charge on any atom is 0.227 e. The predicted octanol–water partition coefficient (Wildman–Crippen LogP) is 1.68. The molecule has 0 aromatic heterocycles. The standard InChI is InChI=1S/C11H13NO/c13-11-10(7-4-8-12-11)9-5-2-1-3-6-9/h1-3,5-6,10H,4,7-8H2,(H,12,13)/t10-/m1/s1. The van der Waals surface area contributed by atoms with Gasteiger partial charge >= 0.3 is 0 Å². The Kier molecular flexibility index (Phi) is 2.30. The first-order valence-electron chi connectivity index (χ1n) is 4.70. The van der Waals surface area contributed by atoms with Gasteiger partial charge in [-0.3, -0.25) is 4.79 Å². The average Bonchev–Trinajstić information content (AvgIpc) is 2.20. The van der Waals surface area contributed by atoms with Crippen LogP contribution in [0.25, 0.3) is 0 Å². The summed E-state index contributed by atoms with van der Waals surface area (Å²) in [6.45, 7) is 0.835. The topological polar surface area (TPSA) is 29.1 Å². The second-order valence-electron chi connectivity index (χ2n) is 3.40. The zero-order valence-electron chi connectivity index (χ0n) is 7.49. The van der Waals surface area contributed by atoms with Crippen molar-refractivity contribution < 1.29 is 4.79 Å². The summed E-state index contributed by atoms with van der Waals surface area (Å²) < 4.78 is 0. The van der Waals surface area contributed by atoms with Crippen LogP contribution in [0.5, 0.6) is 0 Å². The first-order valence-corrected chi connectivity index (χ1v) is 4.70. The van der Waals surface area contributed by atoms with E-state index in [1.165, 1.54) is 0 Å². The van der Waals surface area contributed by atoms with Gasteiger partial charge in [0.2, 0.25) is 5.91 Å². The third kappa shape index (κ3) is 1.72. The zero-order chi connectivity index (χ0) is 9.10. The molecule has 1 aliphatic rings. The Morgan fingerprint density at radius 2 is 2.00 bits per heavy atom. The Morgan fingerprint density at radius 3 is 2.69 bits per heavy atom. The van der Waals surface area contributed by atoms with Gasteiger partial charge < -0.3 is 5.32 Å². The van der Waals surface area contributed by atoms with Crippen LogP contribution in [0.3, 0.4) is 0 Å². The van der Waals surface area contributed by atoms with E-state index < -0.39 is 0 Å². The third-order valence-electron chi connectivity index (χ3n) is 2.49. The summed E-state index contributed by atoms with van der Waals surface area (Å²) in [5.74, 6) is 0.257. The van der Waals surface area contributed by atoms with Crippen LogP contribution in [0.2, 0.25) is 0 Å². The van der Waals surface area contributed by atoms with E-state index in [0.29, 0.717) is 0 Å². The molecular weight excluding hydrogens is 162 g/mol. The van der Waals surface area contributed by atoms with Crippen molar-refractivity contribution in [3.63, 3.8) is 0 Å². The zero-order valence-corrected chi connectivity index (χ0v) is 7.49. The van der Waals surface area contributed by atoms with E-state index in [4.69, 9.17) is 0 Å². The normalized spacial score (nSPS) is 22.5. The Morgan fingerprint density at radius 1 is 1.23 bits per heavy atom. The van der Waals surface area contributed by atoms with Crippen LogP contribution in [-0.2, 0) is 4.79 Å². The number of benzene rings is 1. The van der Waals surface area contributed by atoms with Crippen LogP contribution in [0.1, 0.15) is 24.3 Å². The number of hydrogen-bond donors (Lipinski definition) is 1. The summed E-state index contributed by atoms with van der Waals surface area (Å²) in [6, 6.07) is 9.99. The quantitative estimate of drug-likeness (QED) is 0.691. The number of carbonyl (C=O) groups is 1. The molecule has 1 N–H and O–H groups in total. The van der Waals surface area contributed by atoms with E-state index in [1.807, 2.05) is 30.3 Å². The van der Waals surface area contributed by atoms with Crippen molar-refractivity contribution in [1.82, 2.24) is 5.32 Å². The molecule has 2 nitrogen and oxygen atoms in total. The lowest BCUT2D eigenvalue weighted by molar-refractivity contribution is -0.123. The van der Waals surface area contributed by atoms with E-state index in [0.717, 1.165) is 24.9 Å². The molecule has 0 unspecified atom stereocenters. The van der Waals surface area contributed by atoms with Crippen molar-refractivity contribution in [2.24, 2.45) is 0 Å². The summed E-state index contributed by atoms with van der Waals surface area (Å²) in [5.41, 5.74) is 1.14. The van der Waals surface area contributed by atoms with Crippen molar-refractivity contribution in [3.8, 4) is 0 Å². The van der Waals surface area contributed by atoms with Gasteiger partial charge in [0.05, 0.1) is 5.92 Å². The summed E-state index contributed by atoms with van der Waals surface area (Å²) in [6.07, 6.45) is 2.07. The van der Waals surface area contributed by atoms with Gasteiger partial charge in [-0.2, -0.15) is 0 Å². The lowest BCUT2D eigenvalue weighted by atomic mass is 9.91. The van der Waals surface area contributed by atoms with Crippen molar-refractivity contribution in [2.45, 2.75) is 18.8 Å². The van der Waals surface area contributed by atoms with E-state index in [9.17, 15) is 4.79 Å². The monoisotopic (exact) mass is 175 g/mol. The highest BCUT2D eigenvalue weighted by molar-refractivity contribution is 5.84. The SMILES string of the molecule is O=C1NCCC[C@@H]1c1ccccc1. The highest BCUT2D eigenvalue weighted by atomic mass is 16.1. The molecule has 1 atom stereocenters. The van der Waals surface area contributed by atoms with Crippen molar-refractivity contribution in [2.75, 3.05) is 6.54 Å². The number of amides is 1. The van der Waals surface area contributed by atoms with Crippen LogP contribution in [0.15, 0.2) is 30.3 Å². The average molecular weight is 175 g/mol. The Balaban J connectivity index is 2.20. The molecule has 1 heterocycles. The summed E-state index contributed by atoms with van der Waals surface area (Å²) in [4.78, 5) is 11.5. The molecule has 1 saturated heterocycles.